The summed E-state index contributed by atoms with van der Waals surface area (Å²) < 4.78 is 28.8. The summed E-state index contributed by atoms with van der Waals surface area (Å²) in [7, 11) is 1.76. The molecule has 0 aliphatic carbocycles. The average Bonchev–Trinajstić information content (AvgIpc) is 2.72. The maximum absolute atomic E-state index is 14.6. The maximum Gasteiger partial charge on any atom is 0.259 e. The number of halogens is 2. The van der Waals surface area contributed by atoms with E-state index >= 15 is 0 Å². The van der Waals surface area contributed by atoms with Gasteiger partial charge in [-0.05, 0) is 38.0 Å². The standard InChI is InChI=1S/C18H17F2N3/c1-10-7-6-8-11(2)17(10)23-12(3)22(5)18-14(23)9-13(19)16(21-4)15(18)20/h6-9,12H,1-3,5H3/t12-/m0/s1. The van der Waals surface area contributed by atoms with Crippen LogP contribution in [0.4, 0.5) is 31.5 Å². The molecule has 3 nitrogen and oxygen atoms in total. The molecule has 0 N–H and O–H groups in total. The molecule has 1 aliphatic heterocycles. The smallest absolute Gasteiger partial charge is 0.259 e. The van der Waals surface area contributed by atoms with Crippen molar-refractivity contribution in [2.24, 2.45) is 0 Å². The summed E-state index contributed by atoms with van der Waals surface area (Å²) in [5, 5.41) is 0. The second-order valence-corrected chi connectivity index (χ2v) is 5.85. The highest BCUT2D eigenvalue weighted by Crippen LogP contribution is 2.49. The summed E-state index contributed by atoms with van der Waals surface area (Å²) in [6.07, 6.45) is -0.181. The molecule has 2 aromatic rings. The van der Waals surface area contributed by atoms with Crippen LogP contribution >= 0.6 is 0 Å². The molecule has 0 bridgehead atoms. The molecule has 3 rings (SSSR count). The third kappa shape index (κ3) is 2.06. The predicted octanol–water partition coefficient (Wildman–Crippen LogP) is 5.07. The Morgan fingerprint density at radius 2 is 1.74 bits per heavy atom. The van der Waals surface area contributed by atoms with Gasteiger partial charge < -0.3 is 9.80 Å². The summed E-state index contributed by atoms with van der Waals surface area (Å²) in [5.41, 5.74) is 3.19. The van der Waals surface area contributed by atoms with Gasteiger partial charge in [-0.1, -0.05) is 18.2 Å². The van der Waals surface area contributed by atoms with E-state index in [4.69, 9.17) is 6.57 Å². The Morgan fingerprint density at radius 1 is 1.13 bits per heavy atom. The van der Waals surface area contributed by atoms with Gasteiger partial charge in [0.05, 0.1) is 17.9 Å². The molecular formula is C18H17F2N3. The zero-order valence-corrected chi connectivity index (χ0v) is 13.5. The van der Waals surface area contributed by atoms with E-state index in [1.165, 1.54) is 6.07 Å². The minimum atomic E-state index is -0.824. The molecule has 0 saturated carbocycles. The van der Waals surface area contributed by atoms with E-state index in [9.17, 15) is 8.78 Å². The zero-order chi connectivity index (χ0) is 16.9. The van der Waals surface area contributed by atoms with Crippen molar-refractivity contribution in [3.05, 3.63) is 58.4 Å². The first kappa shape index (κ1) is 15.3. The van der Waals surface area contributed by atoms with Crippen LogP contribution in [0.1, 0.15) is 18.1 Å². The fourth-order valence-electron chi connectivity index (χ4n) is 3.26. The van der Waals surface area contributed by atoms with Crippen molar-refractivity contribution in [1.82, 2.24) is 0 Å². The van der Waals surface area contributed by atoms with Crippen molar-refractivity contribution < 1.29 is 8.78 Å². The van der Waals surface area contributed by atoms with Gasteiger partial charge in [0, 0.05) is 12.7 Å². The summed E-state index contributed by atoms with van der Waals surface area (Å²) in [5.74, 6) is -1.62. The van der Waals surface area contributed by atoms with E-state index in [2.05, 4.69) is 4.85 Å². The molecule has 118 valence electrons. The number of aryl methyl sites for hydroxylation is 2. The highest BCUT2D eigenvalue weighted by molar-refractivity contribution is 5.88. The minimum absolute atomic E-state index is 0.181. The van der Waals surface area contributed by atoms with Gasteiger partial charge in [0.2, 0.25) is 0 Å². The van der Waals surface area contributed by atoms with Gasteiger partial charge >= 0.3 is 0 Å². The summed E-state index contributed by atoms with van der Waals surface area (Å²) >= 11 is 0. The molecular weight excluding hydrogens is 296 g/mol. The van der Waals surface area contributed by atoms with Crippen LogP contribution in [0.5, 0.6) is 0 Å². The van der Waals surface area contributed by atoms with Crippen molar-refractivity contribution in [1.29, 1.82) is 0 Å². The van der Waals surface area contributed by atoms with Crippen molar-refractivity contribution in [3.8, 4) is 0 Å². The Bertz CT molecular complexity index is 819. The van der Waals surface area contributed by atoms with E-state index in [-0.39, 0.29) is 11.9 Å². The fraction of sp³-hybridized carbons (Fsp3) is 0.278. The first-order valence-electron chi connectivity index (χ1n) is 7.36. The van der Waals surface area contributed by atoms with Crippen molar-refractivity contribution in [3.63, 3.8) is 0 Å². The highest BCUT2D eigenvalue weighted by atomic mass is 19.1. The zero-order valence-electron chi connectivity index (χ0n) is 13.5. The lowest BCUT2D eigenvalue weighted by molar-refractivity contribution is 0.594. The van der Waals surface area contributed by atoms with Gasteiger partial charge in [0.15, 0.2) is 5.82 Å². The van der Waals surface area contributed by atoms with Gasteiger partial charge in [-0.15, -0.1) is 0 Å². The number of anilines is 3. The quantitative estimate of drug-likeness (QED) is 0.681. The molecule has 0 spiro atoms. The van der Waals surface area contributed by atoms with E-state index in [1.54, 1.807) is 11.9 Å². The molecule has 1 atom stereocenters. The molecule has 2 aromatic carbocycles. The van der Waals surface area contributed by atoms with E-state index in [0.29, 0.717) is 5.69 Å². The van der Waals surface area contributed by atoms with Crippen molar-refractivity contribution >= 4 is 22.7 Å². The first-order chi connectivity index (χ1) is 10.9. The van der Waals surface area contributed by atoms with E-state index in [1.807, 2.05) is 43.9 Å². The van der Waals surface area contributed by atoms with Crippen LogP contribution in [0.15, 0.2) is 24.3 Å². The Kier molecular flexibility index (Phi) is 3.48. The second kappa shape index (κ2) is 5.24. The molecule has 0 fully saturated rings. The van der Waals surface area contributed by atoms with Crippen LogP contribution < -0.4 is 9.80 Å². The maximum atomic E-state index is 14.6. The molecule has 1 heterocycles. The number of nitrogens with zero attached hydrogens (tertiary/aromatic N) is 3. The number of para-hydroxylation sites is 1. The lowest BCUT2D eigenvalue weighted by Crippen LogP contribution is -2.36. The van der Waals surface area contributed by atoms with Crippen LogP contribution in [0, 0.1) is 32.1 Å². The van der Waals surface area contributed by atoms with Crippen LogP contribution in [0.25, 0.3) is 4.85 Å². The van der Waals surface area contributed by atoms with Crippen molar-refractivity contribution in [2.45, 2.75) is 26.9 Å². The third-order valence-corrected chi connectivity index (χ3v) is 4.49. The normalized spacial score (nSPS) is 16.5. The van der Waals surface area contributed by atoms with Gasteiger partial charge in [-0.3, -0.25) is 0 Å². The summed E-state index contributed by atoms with van der Waals surface area (Å²) in [6.45, 7) is 12.9. The molecule has 1 aliphatic rings. The largest absolute Gasteiger partial charge is 0.351 e. The first-order valence-corrected chi connectivity index (χ1v) is 7.36. The Hall–Kier alpha value is -2.61. The summed E-state index contributed by atoms with van der Waals surface area (Å²) in [6, 6.07) is 7.18. The molecule has 23 heavy (non-hydrogen) atoms. The number of hydrogen-bond donors (Lipinski definition) is 0. The minimum Gasteiger partial charge on any atom is -0.351 e. The predicted molar refractivity (Wildman–Crippen MR) is 88.5 cm³/mol. The van der Waals surface area contributed by atoms with Gasteiger partial charge in [-0.25, -0.2) is 13.6 Å². The van der Waals surface area contributed by atoms with E-state index in [0.717, 1.165) is 16.8 Å². The van der Waals surface area contributed by atoms with Crippen LogP contribution in [0.3, 0.4) is 0 Å². The number of fused-ring (bicyclic) bond motifs is 1. The van der Waals surface area contributed by atoms with Gasteiger partial charge in [-0.2, -0.15) is 0 Å². The molecule has 0 unspecified atom stereocenters. The lowest BCUT2D eigenvalue weighted by Gasteiger charge is -2.30. The fourth-order valence-corrected chi connectivity index (χ4v) is 3.26. The SMILES string of the molecule is [C-]#[N+]c1c(F)cc2c(c1F)N(C)[C@H](C)N2c1c(C)cccc1C. The molecule has 0 aromatic heterocycles. The molecule has 0 saturated heterocycles. The highest BCUT2D eigenvalue weighted by Gasteiger charge is 2.37. The van der Waals surface area contributed by atoms with Crippen LogP contribution in [0.2, 0.25) is 0 Å². The van der Waals surface area contributed by atoms with Crippen LogP contribution in [-0.2, 0) is 0 Å². The molecule has 0 amide bonds. The Labute approximate surface area is 134 Å². The number of rotatable bonds is 1. The summed E-state index contributed by atoms with van der Waals surface area (Å²) in [4.78, 5) is 6.67. The van der Waals surface area contributed by atoms with Crippen LogP contribution in [-0.4, -0.2) is 13.2 Å². The second-order valence-electron chi connectivity index (χ2n) is 5.85. The molecule has 0 radical (unpaired) electrons. The molecule has 5 heteroatoms. The van der Waals surface area contributed by atoms with Gasteiger partial charge in [0.25, 0.3) is 5.69 Å². The average molecular weight is 313 g/mol. The lowest BCUT2D eigenvalue weighted by atomic mass is 10.1. The Morgan fingerprint density at radius 3 is 2.30 bits per heavy atom. The van der Waals surface area contributed by atoms with Gasteiger partial charge in [0.1, 0.15) is 12.0 Å². The monoisotopic (exact) mass is 313 g/mol. The topological polar surface area (TPSA) is 10.8 Å². The van der Waals surface area contributed by atoms with Crippen molar-refractivity contribution in [2.75, 3.05) is 16.8 Å². The van der Waals surface area contributed by atoms with E-state index < -0.39 is 17.3 Å². The number of hydrogen-bond acceptors (Lipinski definition) is 2. The number of benzene rings is 2. The third-order valence-electron chi connectivity index (χ3n) is 4.49. The Balaban J connectivity index is 2.31.